The van der Waals surface area contributed by atoms with Crippen molar-refractivity contribution >= 4 is 11.9 Å². The minimum Gasteiger partial charge on any atom is -0.466 e. The predicted molar refractivity (Wildman–Crippen MR) is 77.0 cm³/mol. The second kappa shape index (κ2) is 12.0. The van der Waals surface area contributed by atoms with Crippen LogP contribution in [0.5, 0.6) is 0 Å². The van der Waals surface area contributed by atoms with Crippen molar-refractivity contribution < 1.29 is 41.4 Å². The van der Waals surface area contributed by atoms with E-state index >= 15 is 0 Å². The number of ether oxygens (including phenoxy) is 3. The summed E-state index contributed by atoms with van der Waals surface area (Å²) in [5.41, 5.74) is 0. The summed E-state index contributed by atoms with van der Waals surface area (Å²) in [7, 11) is 1.60. The van der Waals surface area contributed by atoms with Gasteiger partial charge in [0.15, 0.2) is 6.61 Å². The first-order valence-corrected chi connectivity index (χ1v) is 7.65. The molecule has 1 unspecified atom stereocenters. The molecule has 0 aromatic carbocycles. The lowest BCUT2D eigenvalue weighted by Gasteiger charge is -2.14. The van der Waals surface area contributed by atoms with E-state index < -0.39 is 30.9 Å². The minimum absolute atomic E-state index is 0.0388. The summed E-state index contributed by atoms with van der Waals surface area (Å²) in [6.45, 7) is 1.20. The van der Waals surface area contributed by atoms with Crippen molar-refractivity contribution in [2.45, 2.75) is 51.4 Å². The third kappa shape index (κ3) is 11.2. The molecule has 1 atom stereocenters. The Morgan fingerprint density at radius 2 is 1.54 bits per heavy atom. The molecule has 0 aromatic rings. The Morgan fingerprint density at radius 1 is 1.00 bits per heavy atom. The highest BCUT2D eigenvalue weighted by molar-refractivity contribution is 5.72. The fourth-order valence-electron chi connectivity index (χ4n) is 1.60. The Kier molecular flexibility index (Phi) is 11.4. The number of alkyl halides is 4. The highest BCUT2D eigenvalue weighted by Gasteiger charge is 2.42. The van der Waals surface area contributed by atoms with E-state index in [1.165, 1.54) is 0 Å². The molecule has 0 aromatic heterocycles. The summed E-state index contributed by atoms with van der Waals surface area (Å²) in [4.78, 5) is 22.5. The molecule has 0 aliphatic carbocycles. The van der Waals surface area contributed by atoms with Gasteiger partial charge in [0.05, 0.1) is 6.61 Å². The molecule has 0 bridgehead atoms. The topological polar surface area (TPSA) is 61.8 Å². The lowest BCUT2D eigenvalue weighted by Crippen LogP contribution is -2.33. The molecule has 24 heavy (non-hydrogen) atoms. The van der Waals surface area contributed by atoms with Crippen molar-refractivity contribution in [1.29, 1.82) is 0 Å². The maximum absolute atomic E-state index is 12.5. The summed E-state index contributed by atoms with van der Waals surface area (Å²) >= 11 is 0. The zero-order chi connectivity index (χ0) is 18.6. The number of halogens is 4. The zero-order valence-corrected chi connectivity index (χ0v) is 13.9. The quantitative estimate of drug-likeness (QED) is 0.373. The molecule has 0 fully saturated rings. The molecule has 0 aliphatic heterocycles. The smallest absolute Gasteiger partial charge is 0.340 e. The first-order valence-electron chi connectivity index (χ1n) is 7.65. The van der Waals surface area contributed by atoms with Gasteiger partial charge in [-0.15, -0.1) is 0 Å². The summed E-state index contributed by atoms with van der Waals surface area (Å²) in [6.07, 6.45) is -2.72. The van der Waals surface area contributed by atoms with Gasteiger partial charge in [-0.25, -0.2) is 8.78 Å². The first kappa shape index (κ1) is 22.6. The highest BCUT2D eigenvalue weighted by Crippen LogP contribution is 2.23. The standard InChI is InChI=1S/C15H24F4O5/c1-11(6-8-22-2)7-9-23-12(20)4-3-5-13(21)24-10-15(18,19)14(16)17/h11,14H,3-10H2,1-2H3. The third-order valence-corrected chi connectivity index (χ3v) is 3.20. The van der Waals surface area contributed by atoms with Gasteiger partial charge in [0, 0.05) is 26.6 Å². The second-order valence-corrected chi connectivity index (χ2v) is 5.47. The van der Waals surface area contributed by atoms with Crippen molar-refractivity contribution in [3.63, 3.8) is 0 Å². The van der Waals surface area contributed by atoms with Crippen molar-refractivity contribution in [2.75, 3.05) is 26.9 Å². The van der Waals surface area contributed by atoms with Gasteiger partial charge in [0.1, 0.15) is 0 Å². The molecule has 0 rings (SSSR count). The van der Waals surface area contributed by atoms with Gasteiger partial charge in [-0.3, -0.25) is 9.59 Å². The number of hydrogen-bond acceptors (Lipinski definition) is 5. The van der Waals surface area contributed by atoms with E-state index in [0.717, 1.165) is 6.42 Å². The van der Waals surface area contributed by atoms with Crippen molar-refractivity contribution in [1.82, 2.24) is 0 Å². The Balaban J connectivity index is 3.72. The van der Waals surface area contributed by atoms with E-state index in [-0.39, 0.29) is 25.9 Å². The van der Waals surface area contributed by atoms with Crippen molar-refractivity contribution in [3.8, 4) is 0 Å². The van der Waals surface area contributed by atoms with Crippen LogP contribution in [-0.2, 0) is 23.8 Å². The SMILES string of the molecule is COCCC(C)CCOC(=O)CCCC(=O)OCC(F)(F)C(F)F. The molecule has 0 radical (unpaired) electrons. The molecule has 0 aliphatic rings. The van der Waals surface area contributed by atoms with Crippen molar-refractivity contribution in [3.05, 3.63) is 0 Å². The lowest BCUT2D eigenvalue weighted by molar-refractivity contribution is -0.179. The van der Waals surface area contributed by atoms with Gasteiger partial charge in [0.25, 0.3) is 0 Å². The molecule has 5 nitrogen and oxygen atoms in total. The second-order valence-electron chi connectivity index (χ2n) is 5.47. The van der Waals surface area contributed by atoms with Crippen LogP contribution in [0.15, 0.2) is 0 Å². The van der Waals surface area contributed by atoms with Crippen LogP contribution in [0.25, 0.3) is 0 Å². The maximum Gasteiger partial charge on any atom is 0.340 e. The number of methoxy groups -OCH3 is 1. The summed E-state index contributed by atoms with van der Waals surface area (Å²) < 4.78 is 62.7. The Hall–Kier alpha value is -1.38. The van der Waals surface area contributed by atoms with Crippen LogP contribution in [0.4, 0.5) is 17.6 Å². The zero-order valence-electron chi connectivity index (χ0n) is 13.9. The van der Waals surface area contributed by atoms with Gasteiger partial charge in [0.2, 0.25) is 0 Å². The Bertz CT molecular complexity index is 377. The van der Waals surface area contributed by atoms with Crippen LogP contribution < -0.4 is 0 Å². The van der Waals surface area contributed by atoms with Crippen LogP contribution in [0.3, 0.4) is 0 Å². The molecule has 9 heteroatoms. The number of hydrogen-bond donors (Lipinski definition) is 0. The number of carbonyl (C=O) groups is 2. The average Bonchev–Trinajstić information content (AvgIpc) is 2.51. The molecule has 0 heterocycles. The van der Waals surface area contributed by atoms with Crippen LogP contribution in [0.1, 0.15) is 39.0 Å². The van der Waals surface area contributed by atoms with Crippen LogP contribution in [0.2, 0.25) is 0 Å². The summed E-state index contributed by atoms with van der Waals surface area (Å²) in [6, 6.07) is 0. The molecule has 0 saturated heterocycles. The van der Waals surface area contributed by atoms with Crippen LogP contribution in [0, 0.1) is 5.92 Å². The molecular formula is C15H24F4O5. The van der Waals surface area contributed by atoms with E-state index in [1.54, 1.807) is 7.11 Å². The normalized spacial score (nSPS) is 13.0. The number of esters is 2. The summed E-state index contributed by atoms with van der Waals surface area (Å²) in [5.74, 6) is -5.60. The van der Waals surface area contributed by atoms with Gasteiger partial charge >= 0.3 is 24.3 Å². The third-order valence-electron chi connectivity index (χ3n) is 3.20. The largest absolute Gasteiger partial charge is 0.466 e. The van der Waals surface area contributed by atoms with Gasteiger partial charge < -0.3 is 14.2 Å². The molecule has 0 amide bonds. The summed E-state index contributed by atoms with van der Waals surface area (Å²) in [5, 5.41) is 0. The fourth-order valence-corrected chi connectivity index (χ4v) is 1.60. The van der Waals surface area contributed by atoms with Crippen LogP contribution in [-0.4, -0.2) is 51.2 Å². The molecule has 142 valence electrons. The van der Waals surface area contributed by atoms with Gasteiger partial charge in [-0.05, 0) is 25.2 Å². The van der Waals surface area contributed by atoms with E-state index in [0.29, 0.717) is 18.9 Å². The predicted octanol–water partition coefficient (Wildman–Crippen LogP) is 3.21. The number of carbonyl (C=O) groups excluding carboxylic acids is 2. The van der Waals surface area contributed by atoms with Crippen molar-refractivity contribution in [2.24, 2.45) is 5.92 Å². The average molecular weight is 360 g/mol. The highest BCUT2D eigenvalue weighted by atomic mass is 19.3. The maximum atomic E-state index is 12.5. The molecule has 0 N–H and O–H groups in total. The monoisotopic (exact) mass is 360 g/mol. The van der Waals surface area contributed by atoms with Crippen LogP contribution >= 0.6 is 0 Å². The van der Waals surface area contributed by atoms with Gasteiger partial charge in [-0.1, -0.05) is 6.92 Å². The van der Waals surface area contributed by atoms with E-state index in [2.05, 4.69) is 4.74 Å². The lowest BCUT2D eigenvalue weighted by atomic mass is 10.1. The van der Waals surface area contributed by atoms with Gasteiger partial charge in [-0.2, -0.15) is 8.78 Å². The molecule has 0 spiro atoms. The fraction of sp³-hybridized carbons (Fsp3) is 0.867. The minimum atomic E-state index is -4.37. The van der Waals surface area contributed by atoms with E-state index in [9.17, 15) is 27.2 Å². The molecule has 0 saturated carbocycles. The number of rotatable bonds is 13. The Morgan fingerprint density at radius 3 is 2.08 bits per heavy atom. The Labute approximate surface area is 138 Å². The van der Waals surface area contributed by atoms with E-state index in [4.69, 9.17) is 9.47 Å². The molecular weight excluding hydrogens is 336 g/mol. The van der Waals surface area contributed by atoms with E-state index in [1.807, 2.05) is 6.92 Å². The first-order chi connectivity index (χ1) is 11.2.